The highest BCUT2D eigenvalue weighted by Crippen LogP contribution is 2.42. The number of anilines is 1. The highest BCUT2D eigenvalue weighted by atomic mass is 35.5. The third-order valence-electron chi connectivity index (χ3n) is 4.62. The minimum atomic E-state index is -0.819. The minimum Gasteiger partial charge on any atom is -0.507 e. The van der Waals surface area contributed by atoms with Gasteiger partial charge in [-0.25, -0.2) is 4.98 Å². The van der Waals surface area contributed by atoms with Crippen molar-refractivity contribution in [1.82, 2.24) is 4.98 Å². The van der Waals surface area contributed by atoms with Crippen molar-refractivity contribution in [2.24, 2.45) is 0 Å². The van der Waals surface area contributed by atoms with Crippen molar-refractivity contribution in [1.29, 1.82) is 0 Å². The highest BCUT2D eigenvalue weighted by Gasteiger charge is 2.47. The van der Waals surface area contributed by atoms with E-state index < -0.39 is 17.7 Å². The maximum absolute atomic E-state index is 12.9. The molecule has 6 nitrogen and oxygen atoms in total. The molecular formula is C21H15ClN2O4S. The fourth-order valence-corrected chi connectivity index (χ4v) is 4.02. The summed E-state index contributed by atoms with van der Waals surface area (Å²) in [5.41, 5.74) is 1.04. The second-order valence-electron chi connectivity index (χ2n) is 6.26. The topological polar surface area (TPSA) is 79.7 Å². The van der Waals surface area contributed by atoms with Gasteiger partial charge in [0.05, 0.1) is 18.7 Å². The Morgan fingerprint density at radius 2 is 1.83 bits per heavy atom. The molecular weight excluding hydrogens is 412 g/mol. The Bertz CT molecular complexity index is 1090. The number of carbonyl (C=O) groups is 2. The van der Waals surface area contributed by atoms with Gasteiger partial charge in [-0.2, -0.15) is 0 Å². The van der Waals surface area contributed by atoms with Crippen LogP contribution in [-0.2, 0) is 9.59 Å². The average molecular weight is 427 g/mol. The number of aromatic nitrogens is 1. The summed E-state index contributed by atoms with van der Waals surface area (Å²) < 4.78 is 5.13. The molecule has 1 N–H and O–H groups in total. The molecule has 1 unspecified atom stereocenters. The molecule has 8 heteroatoms. The standard InChI is InChI=1S/C21H15ClN2O4S/c1-28-15-8-4-13(5-9-15)18(25)16-17(12-2-6-14(22)7-3-12)24(20(27)19(16)26)21-23-10-11-29-21/h2-11,17,25H,1H3/b18-16-. The van der Waals surface area contributed by atoms with Gasteiger partial charge in [0.15, 0.2) is 5.13 Å². The number of nitrogens with zero attached hydrogens (tertiary/aromatic N) is 2. The van der Waals surface area contributed by atoms with E-state index in [1.165, 1.54) is 23.3 Å². The lowest BCUT2D eigenvalue weighted by Crippen LogP contribution is -2.29. The van der Waals surface area contributed by atoms with Crippen LogP contribution in [0.3, 0.4) is 0 Å². The van der Waals surface area contributed by atoms with Gasteiger partial charge in [0.2, 0.25) is 0 Å². The minimum absolute atomic E-state index is 0.00214. The summed E-state index contributed by atoms with van der Waals surface area (Å²) in [6.45, 7) is 0. The third kappa shape index (κ3) is 3.39. The Hall–Kier alpha value is -3.16. The van der Waals surface area contributed by atoms with Gasteiger partial charge >= 0.3 is 5.91 Å². The number of thiazole rings is 1. The number of ether oxygens (including phenoxy) is 1. The monoisotopic (exact) mass is 426 g/mol. The number of halogens is 1. The van der Waals surface area contributed by atoms with Crippen LogP contribution < -0.4 is 9.64 Å². The molecule has 146 valence electrons. The predicted octanol–water partition coefficient (Wildman–Crippen LogP) is 4.43. The van der Waals surface area contributed by atoms with Crippen molar-refractivity contribution in [2.45, 2.75) is 6.04 Å². The fourth-order valence-electron chi connectivity index (χ4n) is 3.23. The summed E-state index contributed by atoms with van der Waals surface area (Å²) in [7, 11) is 1.54. The number of carbonyl (C=O) groups excluding carboxylic acids is 2. The van der Waals surface area contributed by atoms with Gasteiger partial charge in [-0.15, -0.1) is 11.3 Å². The summed E-state index contributed by atoms with van der Waals surface area (Å²) in [6, 6.07) is 12.6. The van der Waals surface area contributed by atoms with Crippen LogP contribution in [0.4, 0.5) is 5.13 Å². The molecule has 0 saturated carbocycles. The molecule has 0 spiro atoms. The van der Waals surface area contributed by atoms with E-state index in [4.69, 9.17) is 16.3 Å². The molecule has 2 heterocycles. The summed E-state index contributed by atoms with van der Waals surface area (Å²) >= 11 is 7.24. The van der Waals surface area contributed by atoms with Gasteiger partial charge < -0.3 is 9.84 Å². The van der Waals surface area contributed by atoms with Crippen molar-refractivity contribution in [3.8, 4) is 5.75 Å². The van der Waals surface area contributed by atoms with Crippen LogP contribution >= 0.6 is 22.9 Å². The van der Waals surface area contributed by atoms with Crippen LogP contribution in [0.1, 0.15) is 17.2 Å². The van der Waals surface area contributed by atoms with Crippen molar-refractivity contribution in [3.63, 3.8) is 0 Å². The van der Waals surface area contributed by atoms with Crippen molar-refractivity contribution >= 4 is 45.5 Å². The number of methoxy groups -OCH3 is 1. The summed E-state index contributed by atoms with van der Waals surface area (Å²) in [5.74, 6) is -1.16. The number of Topliss-reactive ketones (excluding diaryl/α,β-unsaturated/α-hetero) is 1. The van der Waals surface area contributed by atoms with Gasteiger partial charge in [0, 0.05) is 22.2 Å². The molecule has 0 aliphatic carbocycles. The Morgan fingerprint density at radius 1 is 1.14 bits per heavy atom. The van der Waals surface area contributed by atoms with E-state index in [1.807, 2.05) is 0 Å². The lowest BCUT2D eigenvalue weighted by Gasteiger charge is -2.23. The molecule has 3 aromatic rings. The van der Waals surface area contributed by atoms with E-state index in [1.54, 1.807) is 60.1 Å². The molecule has 0 bridgehead atoms. The van der Waals surface area contributed by atoms with Crippen LogP contribution in [0.5, 0.6) is 5.75 Å². The van der Waals surface area contributed by atoms with Crippen molar-refractivity contribution < 1.29 is 19.4 Å². The zero-order valence-electron chi connectivity index (χ0n) is 15.2. The second-order valence-corrected chi connectivity index (χ2v) is 7.57. The maximum atomic E-state index is 12.9. The van der Waals surface area contributed by atoms with E-state index >= 15 is 0 Å². The molecule has 1 saturated heterocycles. The number of hydrogen-bond acceptors (Lipinski definition) is 6. The Balaban J connectivity index is 1.90. The second kappa shape index (κ2) is 7.69. The zero-order valence-corrected chi connectivity index (χ0v) is 16.8. The summed E-state index contributed by atoms with van der Waals surface area (Å²) in [6.07, 6.45) is 1.56. The third-order valence-corrected chi connectivity index (χ3v) is 5.64. The number of rotatable bonds is 4. The molecule has 0 radical (unpaired) electrons. The van der Waals surface area contributed by atoms with Crippen LogP contribution in [0, 0.1) is 0 Å². The molecule has 1 amide bonds. The van der Waals surface area contributed by atoms with Gasteiger partial charge in [-0.3, -0.25) is 14.5 Å². The number of amides is 1. The lowest BCUT2D eigenvalue weighted by atomic mass is 9.95. The summed E-state index contributed by atoms with van der Waals surface area (Å²) in [4.78, 5) is 31.3. The molecule has 1 atom stereocenters. The normalized spacial score (nSPS) is 18.3. The van der Waals surface area contributed by atoms with Crippen LogP contribution in [0.25, 0.3) is 5.76 Å². The zero-order chi connectivity index (χ0) is 20.5. The van der Waals surface area contributed by atoms with E-state index in [-0.39, 0.29) is 11.3 Å². The van der Waals surface area contributed by atoms with Crippen LogP contribution in [0.15, 0.2) is 65.7 Å². The van der Waals surface area contributed by atoms with Crippen LogP contribution in [0.2, 0.25) is 5.02 Å². The maximum Gasteiger partial charge on any atom is 0.301 e. The molecule has 1 aliphatic heterocycles. The molecule has 1 aromatic heterocycles. The first-order valence-electron chi connectivity index (χ1n) is 8.61. The number of benzene rings is 2. The first-order valence-corrected chi connectivity index (χ1v) is 9.87. The largest absolute Gasteiger partial charge is 0.507 e. The van der Waals surface area contributed by atoms with E-state index in [0.29, 0.717) is 27.0 Å². The first kappa shape index (κ1) is 19.2. The summed E-state index contributed by atoms with van der Waals surface area (Å²) in [5, 5.41) is 13.6. The predicted molar refractivity (Wildman–Crippen MR) is 111 cm³/mol. The van der Waals surface area contributed by atoms with E-state index in [9.17, 15) is 14.7 Å². The van der Waals surface area contributed by atoms with E-state index in [2.05, 4.69) is 4.98 Å². The number of ketones is 1. The number of aliphatic hydroxyl groups excluding tert-OH is 1. The van der Waals surface area contributed by atoms with Gasteiger partial charge in [-0.05, 0) is 42.0 Å². The van der Waals surface area contributed by atoms with Gasteiger partial charge in [0.25, 0.3) is 5.78 Å². The molecule has 1 fully saturated rings. The van der Waals surface area contributed by atoms with Gasteiger partial charge in [-0.1, -0.05) is 23.7 Å². The highest BCUT2D eigenvalue weighted by molar-refractivity contribution is 7.14. The Labute approximate surface area is 175 Å². The smallest absolute Gasteiger partial charge is 0.301 e. The van der Waals surface area contributed by atoms with Crippen molar-refractivity contribution in [2.75, 3.05) is 12.0 Å². The van der Waals surface area contributed by atoms with Crippen LogP contribution in [-0.4, -0.2) is 28.9 Å². The Morgan fingerprint density at radius 3 is 2.41 bits per heavy atom. The number of aliphatic hydroxyl groups is 1. The first-order chi connectivity index (χ1) is 14.0. The molecule has 1 aliphatic rings. The molecule has 4 rings (SSSR count). The Kier molecular flexibility index (Phi) is 5.08. The molecule has 2 aromatic carbocycles. The van der Waals surface area contributed by atoms with Gasteiger partial charge in [0.1, 0.15) is 11.5 Å². The SMILES string of the molecule is COc1ccc(/C(O)=C2/C(=O)C(=O)N(c3nccs3)C2c2ccc(Cl)cc2)cc1. The lowest BCUT2D eigenvalue weighted by molar-refractivity contribution is -0.132. The van der Waals surface area contributed by atoms with Crippen molar-refractivity contribution in [3.05, 3.63) is 81.8 Å². The van der Waals surface area contributed by atoms with E-state index in [0.717, 1.165) is 0 Å². The molecule has 29 heavy (non-hydrogen) atoms. The average Bonchev–Trinajstić information content (AvgIpc) is 3.35. The quantitative estimate of drug-likeness (QED) is 0.379. The number of hydrogen-bond donors (Lipinski definition) is 1. The fraction of sp³-hybridized carbons (Fsp3) is 0.0952.